The van der Waals surface area contributed by atoms with Gasteiger partial charge in [0.1, 0.15) is 5.88 Å². The predicted molar refractivity (Wildman–Crippen MR) is 56.4 cm³/mol. The Morgan fingerprint density at radius 1 is 1.64 bits per heavy atom. The Morgan fingerprint density at radius 3 is 2.93 bits per heavy atom. The zero-order valence-electron chi connectivity index (χ0n) is 7.83. The van der Waals surface area contributed by atoms with Gasteiger partial charge in [0.15, 0.2) is 0 Å². The van der Waals surface area contributed by atoms with Crippen LogP contribution in [0.1, 0.15) is 18.6 Å². The Balaban J connectivity index is 2.78. The highest BCUT2D eigenvalue weighted by atomic mass is 35.5. The van der Waals surface area contributed by atoms with E-state index < -0.39 is 6.10 Å². The van der Waals surface area contributed by atoms with Gasteiger partial charge in [0.05, 0.1) is 6.10 Å². The molecule has 1 amide bonds. The first-order chi connectivity index (χ1) is 6.63. The molecule has 0 aliphatic carbocycles. The zero-order chi connectivity index (χ0) is 10.6. The van der Waals surface area contributed by atoms with Gasteiger partial charge in [-0.15, -0.1) is 11.6 Å². The van der Waals surface area contributed by atoms with Crippen molar-refractivity contribution in [1.82, 2.24) is 0 Å². The molecule has 4 heteroatoms. The van der Waals surface area contributed by atoms with Gasteiger partial charge in [-0.05, 0) is 24.6 Å². The molecule has 0 spiro atoms. The molecule has 0 saturated heterocycles. The molecule has 2 N–H and O–H groups in total. The van der Waals surface area contributed by atoms with Gasteiger partial charge in [0, 0.05) is 5.69 Å². The van der Waals surface area contributed by atoms with Crippen LogP contribution < -0.4 is 5.32 Å². The summed E-state index contributed by atoms with van der Waals surface area (Å²) in [6.45, 7) is 1.67. The maximum Gasteiger partial charge on any atom is 0.239 e. The van der Waals surface area contributed by atoms with Crippen molar-refractivity contribution < 1.29 is 9.90 Å². The Labute approximate surface area is 87.7 Å². The minimum atomic E-state index is -0.539. The molecular weight excluding hydrogens is 202 g/mol. The van der Waals surface area contributed by atoms with E-state index in [1.807, 2.05) is 0 Å². The van der Waals surface area contributed by atoms with Crippen LogP contribution in [0.2, 0.25) is 0 Å². The number of nitrogens with one attached hydrogen (secondary N) is 1. The molecule has 0 fully saturated rings. The lowest BCUT2D eigenvalue weighted by Gasteiger charge is -2.07. The fourth-order valence-corrected chi connectivity index (χ4v) is 1.14. The van der Waals surface area contributed by atoms with Gasteiger partial charge in [0.25, 0.3) is 0 Å². The van der Waals surface area contributed by atoms with Crippen molar-refractivity contribution in [2.24, 2.45) is 0 Å². The van der Waals surface area contributed by atoms with Gasteiger partial charge < -0.3 is 10.4 Å². The molecule has 1 unspecified atom stereocenters. The van der Waals surface area contributed by atoms with E-state index in [1.165, 1.54) is 0 Å². The molecule has 76 valence electrons. The van der Waals surface area contributed by atoms with Crippen LogP contribution in [0.4, 0.5) is 5.69 Å². The van der Waals surface area contributed by atoms with E-state index in [-0.39, 0.29) is 11.8 Å². The molecule has 0 aliphatic heterocycles. The van der Waals surface area contributed by atoms with Crippen molar-refractivity contribution in [2.75, 3.05) is 11.2 Å². The van der Waals surface area contributed by atoms with Crippen LogP contribution >= 0.6 is 11.6 Å². The van der Waals surface area contributed by atoms with Gasteiger partial charge in [-0.25, -0.2) is 0 Å². The molecular formula is C10H12ClNO2. The quantitative estimate of drug-likeness (QED) is 0.754. The topological polar surface area (TPSA) is 49.3 Å². The second kappa shape index (κ2) is 4.98. The van der Waals surface area contributed by atoms with Crippen LogP contribution in [0.25, 0.3) is 0 Å². The Kier molecular flexibility index (Phi) is 3.92. The fourth-order valence-electron chi connectivity index (χ4n) is 1.07. The summed E-state index contributed by atoms with van der Waals surface area (Å²) in [6, 6.07) is 7.03. The van der Waals surface area contributed by atoms with Crippen LogP contribution in [0.5, 0.6) is 0 Å². The number of alkyl halides is 1. The van der Waals surface area contributed by atoms with Gasteiger partial charge in [-0.3, -0.25) is 4.79 Å². The molecule has 1 rings (SSSR count). The van der Waals surface area contributed by atoms with Crippen LogP contribution in [-0.4, -0.2) is 16.9 Å². The van der Waals surface area contributed by atoms with Crippen molar-refractivity contribution in [2.45, 2.75) is 13.0 Å². The molecule has 14 heavy (non-hydrogen) atoms. The second-order valence-corrected chi connectivity index (χ2v) is 3.25. The van der Waals surface area contributed by atoms with E-state index in [4.69, 9.17) is 11.6 Å². The van der Waals surface area contributed by atoms with Crippen molar-refractivity contribution in [3.05, 3.63) is 29.8 Å². The standard InChI is InChI=1S/C10H12ClNO2/c1-7(13)8-3-2-4-9(5-8)12-10(14)6-11/h2-5,7,13H,6H2,1H3,(H,12,14). The lowest BCUT2D eigenvalue weighted by molar-refractivity contribution is -0.113. The van der Waals surface area contributed by atoms with Crippen LogP contribution in [0, 0.1) is 0 Å². The molecule has 0 bridgehead atoms. The lowest BCUT2D eigenvalue weighted by atomic mass is 10.1. The number of hydrogen-bond donors (Lipinski definition) is 2. The van der Waals surface area contributed by atoms with E-state index in [9.17, 15) is 9.90 Å². The van der Waals surface area contributed by atoms with E-state index in [0.29, 0.717) is 5.69 Å². The molecule has 0 saturated carbocycles. The average molecular weight is 214 g/mol. The summed E-state index contributed by atoms with van der Waals surface area (Å²) >= 11 is 5.34. The third kappa shape index (κ3) is 3.01. The number of benzene rings is 1. The average Bonchev–Trinajstić information content (AvgIpc) is 2.18. The molecule has 0 radical (unpaired) electrons. The minimum Gasteiger partial charge on any atom is -0.389 e. The van der Waals surface area contributed by atoms with Gasteiger partial charge in [-0.2, -0.15) is 0 Å². The summed E-state index contributed by atoms with van der Waals surface area (Å²) in [6.07, 6.45) is -0.539. The molecule has 1 aromatic carbocycles. The normalized spacial score (nSPS) is 12.2. The summed E-state index contributed by atoms with van der Waals surface area (Å²) in [5, 5.41) is 11.9. The number of anilines is 1. The number of hydrogen-bond acceptors (Lipinski definition) is 2. The van der Waals surface area contributed by atoms with Crippen LogP contribution in [-0.2, 0) is 4.79 Å². The Morgan fingerprint density at radius 2 is 2.36 bits per heavy atom. The number of aliphatic hydroxyl groups is 1. The summed E-state index contributed by atoms with van der Waals surface area (Å²) in [7, 11) is 0. The van der Waals surface area contributed by atoms with E-state index >= 15 is 0 Å². The maximum absolute atomic E-state index is 11.0. The number of aliphatic hydroxyl groups excluding tert-OH is 1. The van der Waals surface area contributed by atoms with E-state index in [2.05, 4.69) is 5.32 Å². The SMILES string of the molecule is CC(O)c1cccc(NC(=O)CCl)c1. The van der Waals surface area contributed by atoms with Gasteiger partial charge >= 0.3 is 0 Å². The number of amides is 1. The first-order valence-corrected chi connectivity index (χ1v) is 4.81. The van der Waals surface area contributed by atoms with E-state index in [1.54, 1.807) is 31.2 Å². The Bertz CT molecular complexity index is 326. The lowest BCUT2D eigenvalue weighted by Crippen LogP contribution is -2.12. The maximum atomic E-state index is 11.0. The summed E-state index contributed by atoms with van der Waals surface area (Å²) in [4.78, 5) is 11.0. The smallest absolute Gasteiger partial charge is 0.239 e. The number of carbonyl (C=O) groups is 1. The third-order valence-corrected chi connectivity index (χ3v) is 2.02. The van der Waals surface area contributed by atoms with Crippen molar-refractivity contribution >= 4 is 23.2 Å². The summed E-state index contributed by atoms with van der Waals surface area (Å²) in [5.41, 5.74) is 1.41. The van der Waals surface area contributed by atoms with Crippen molar-refractivity contribution in [3.8, 4) is 0 Å². The van der Waals surface area contributed by atoms with Gasteiger partial charge in [0.2, 0.25) is 5.91 Å². The summed E-state index contributed by atoms with van der Waals surface area (Å²) in [5.74, 6) is -0.326. The number of halogens is 1. The van der Waals surface area contributed by atoms with Crippen molar-refractivity contribution in [1.29, 1.82) is 0 Å². The Hall–Kier alpha value is -1.06. The summed E-state index contributed by atoms with van der Waals surface area (Å²) < 4.78 is 0. The molecule has 1 aromatic rings. The number of rotatable bonds is 3. The first kappa shape index (κ1) is 11.0. The van der Waals surface area contributed by atoms with Gasteiger partial charge in [-0.1, -0.05) is 12.1 Å². The molecule has 0 aliphatic rings. The number of carbonyl (C=O) groups excluding carboxylic acids is 1. The highest BCUT2D eigenvalue weighted by Gasteiger charge is 2.03. The molecule has 3 nitrogen and oxygen atoms in total. The van der Waals surface area contributed by atoms with E-state index in [0.717, 1.165) is 5.56 Å². The molecule has 0 aromatic heterocycles. The highest BCUT2D eigenvalue weighted by Crippen LogP contribution is 2.16. The molecule has 0 heterocycles. The van der Waals surface area contributed by atoms with Crippen molar-refractivity contribution in [3.63, 3.8) is 0 Å². The first-order valence-electron chi connectivity index (χ1n) is 4.27. The minimum absolute atomic E-state index is 0.0705. The predicted octanol–water partition coefficient (Wildman–Crippen LogP) is 1.92. The third-order valence-electron chi connectivity index (χ3n) is 1.77. The molecule has 1 atom stereocenters. The monoisotopic (exact) mass is 213 g/mol. The zero-order valence-corrected chi connectivity index (χ0v) is 8.58. The largest absolute Gasteiger partial charge is 0.389 e. The van der Waals surface area contributed by atoms with Crippen LogP contribution in [0.15, 0.2) is 24.3 Å². The van der Waals surface area contributed by atoms with Crippen LogP contribution in [0.3, 0.4) is 0 Å². The second-order valence-electron chi connectivity index (χ2n) is 2.98. The highest BCUT2D eigenvalue weighted by molar-refractivity contribution is 6.29. The fraction of sp³-hybridized carbons (Fsp3) is 0.300.